The van der Waals surface area contributed by atoms with Crippen molar-refractivity contribution in [1.82, 2.24) is 9.97 Å². The average Bonchev–Trinajstić information content (AvgIpc) is 2.70. The summed E-state index contributed by atoms with van der Waals surface area (Å²) < 4.78 is 0.763. The third-order valence-corrected chi connectivity index (χ3v) is 3.65. The van der Waals surface area contributed by atoms with E-state index in [1.807, 2.05) is 5.38 Å². The maximum absolute atomic E-state index is 10.6. The van der Waals surface area contributed by atoms with Gasteiger partial charge in [0.05, 0.1) is 0 Å². The molecule has 0 radical (unpaired) electrons. The molecule has 4 nitrogen and oxygen atoms in total. The highest BCUT2D eigenvalue weighted by molar-refractivity contribution is 9.11. The predicted octanol–water partition coefficient (Wildman–Crippen LogP) is 2.73. The first-order valence-corrected chi connectivity index (χ1v) is 6.02. The number of carbonyl (C=O) groups is 1. The molecule has 0 aliphatic rings. The molecule has 2 rings (SSSR count). The summed E-state index contributed by atoms with van der Waals surface area (Å²) in [4.78, 5) is 18.6. The molecule has 0 bridgehead atoms. The van der Waals surface area contributed by atoms with Crippen LogP contribution in [0.3, 0.4) is 0 Å². The maximum Gasteiger partial charge on any atom is 0.355 e. The van der Waals surface area contributed by atoms with Gasteiger partial charge >= 0.3 is 5.97 Å². The van der Waals surface area contributed by atoms with Crippen molar-refractivity contribution in [2.75, 3.05) is 0 Å². The average molecular weight is 291 g/mol. The van der Waals surface area contributed by atoms with E-state index in [4.69, 9.17) is 5.11 Å². The van der Waals surface area contributed by atoms with Gasteiger partial charge in [0.15, 0.2) is 9.61 Å². The van der Waals surface area contributed by atoms with Gasteiger partial charge in [-0.15, -0.1) is 22.7 Å². The van der Waals surface area contributed by atoms with E-state index in [2.05, 4.69) is 25.9 Å². The van der Waals surface area contributed by atoms with Crippen LogP contribution >= 0.6 is 38.6 Å². The number of aromatic nitrogens is 2. The minimum Gasteiger partial charge on any atom is -0.476 e. The second-order valence-electron chi connectivity index (χ2n) is 2.33. The second-order valence-corrected chi connectivity index (χ2v) is 5.32. The van der Waals surface area contributed by atoms with Crippen molar-refractivity contribution in [3.63, 3.8) is 0 Å². The van der Waals surface area contributed by atoms with Crippen molar-refractivity contribution in [1.29, 1.82) is 0 Å². The van der Waals surface area contributed by atoms with Crippen LogP contribution in [0.1, 0.15) is 10.5 Å². The van der Waals surface area contributed by atoms with Gasteiger partial charge in [0.25, 0.3) is 0 Å². The number of carboxylic acid groups (broad SMARTS) is 1. The molecule has 2 aromatic heterocycles. The topological polar surface area (TPSA) is 63.1 Å². The van der Waals surface area contributed by atoms with E-state index < -0.39 is 5.97 Å². The van der Waals surface area contributed by atoms with Gasteiger partial charge in [-0.3, -0.25) is 0 Å². The van der Waals surface area contributed by atoms with E-state index >= 15 is 0 Å². The van der Waals surface area contributed by atoms with Gasteiger partial charge in [0.1, 0.15) is 10.7 Å². The molecule has 2 heterocycles. The summed E-state index contributed by atoms with van der Waals surface area (Å²) in [5, 5.41) is 12.6. The number of carboxylic acids is 1. The number of hydrogen-bond acceptors (Lipinski definition) is 5. The van der Waals surface area contributed by atoms with Crippen LogP contribution in [-0.4, -0.2) is 21.0 Å². The van der Waals surface area contributed by atoms with Crippen molar-refractivity contribution < 1.29 is 9.90 Å². The molecule has 0 atom stereocenters. The molecular weight excluding hydrogens is 288 g/mol. The third kappa shape index (κ3) is 1.84. The molecule has 0 unspecified atom stereocenters. The second kappa shape index (κ2) is 3.76. The first kappa shape index (κ1) is 9.75. The van der Waals surface area contributed by atoms with E-state index in [0.717, 1.165) is 3.92 Å². The molecule has 0 saturated heterocycles. The van der Waals surface area contributed by atoms with Crippen molar-refractivity contribution >= 4 is 44.6 Å². The zero-order valence-corrected chi connectivity index (χ0v) is 9.82. The molecule has 14 heavy (non-hydrogen) atoms. The van der Waals surface area contributed by atoms with Crippen LogP contribution < -0.4 is 0 Å². The van der Waals surface area contributed by atoms with E-state index in [1.165, 1.54) is 28.1 Å². The van der Waals surface area contributed by atoms with Crippen molar-refractivity contribution in [2.24, 2.45) is 0 Å². The minimum atomic E-state index is -1.01. The molecule has 0 saturated carbocycles. The third-order valence-electron chi connectivity index (χ3n) is 1.42. The summed E-state index contributed by atoms with van der Waals surface area (Å²) in [7, 11) is 0. The molecule has 0 fully saturated rings. The lowest BCUT2D eigenvalue weighted by Gasteiger charge is -1.85. The Bertz CT molecular complexity index is 479. The van der Waals surface area contributed by atoms with Gasteiger partial charge in [-0.1, -0.05) is 0 Å². The lowest BCUT2D eigenvalue weighted by molar-refractivity contribution is 0.0691. The SMILES string of the molecule is O=C(O)c1csc(-c2csc(Br)n2)n1. The summed E-state index contributed by atoms with van der Waals surface area (Å²) in [6.07, 6.45) is 0. The Labute approximate surface area is 95.4 Å². The van der Waals surface area contributed by atoms with Crippen molar-refractivity contribution in [3.05, 3.63) is 20.4 Å². The number of thiazole rings is 2. The Balaban J connectivity index is 2.38. The van der Waals surface area contributed by atoms with Gasteiger partial charge in [0.2, 0.25) is 0 Å². The van der Waals surface area contributed by atoms with Crippen LogP contribution in [-0.2, 0) is 0 Å². The lowest BCUT2D eigenvalue weighted by atomic mass is 10.5. The number of hydrogen-bond donors (Lipinski definition) is 1. The van der Waals surface area contributed by atoms with Crippen LogP contribution in [0.25, 0.3) is 10.7 Å². The predicted molar refractivity (Wildman–Crippen MR) is 57.9 cm³/mol. The van der Waals surface area contributed by atoms with Crippen LogP contribution in [0.2, 0.25) is 0 Å². The highest BCUT2D eigenvalue weighted by Gasteiger charge is 2.11. The number of rotatable bonds is 2. The quantitative estimate of drug-likeness (QED) is 0.924. The molecule has 0 aliphatic carbocycles. The molecule has 2 aromatic rings. The molecular formula is C7H3BrN2O2S2. The maximum atomic E-state index is 10.6. The molecule has 0 spiro atoms. The fraction of sp³-hybridized carbons (Fsp3) is 0. The number of nitrogens with zero attached hydrogens (tertiary/aromatic N) is 2. The summed E-state index contributed by atoms with van der Waals surface area (Å²) in [5.74, 6) is -1.01. The Morgan fingerprint density at radius 3 is 2.64 bits per heavy atom. The normalized spacial score (nSPS) is 10.4. The Morgan fingerprint density at radius 2 is 2.14 bits per heavy atom. The van der Waals surface area contributed by atoms with Crippen molar-refractivity contribution in [2.45, 2.75) is 0 Å². The van der Waals surface area contributed by atoms with Crippen LogP contribution in [0.15, 0.2) is 14.7 Å². The fourth-order valence-electron chi connectivity index (χ4n) is 0.840. The van der Waals surface area contributed by atoms with Gasteiger partial charge in [-0.05, 0) is 15.9 Å². The summed E-state index contributed by atoms with van der Waals surface area (Å²) in [5.41, 5.74) is 0.772. The summed E-state index contributed by atoms with van der Waals surface area (Å²) in [6, 6.07) is 0. The van der Waals surface area contributed by atoms with Gasteiger partial charge in [-0.2, -0.15) is 0 Å². The Hall–Kier alpha value is -0.790. The Kier molecular flexibility index (Phi) is 2.62. The van der Waals surface area contributed by atoms with Crippen LogP contribution in [0.5, 0.6) is 0 Å². The zero-order chi connectivity index (χ0) is 10.1. The van der Waals surface area contributed by atoms with Gasteiger partial charge in [0, 0.05) is 10.8 Å². The van der Waals surface area contributed by atoms with E-state index in [9.17, 15) is 4.79 Å². The van der Waals surface area contributed by atoms with Gasteiger partial charge < -0.3 is 5.11 Å². The standard InChI is InChI=1S/C7H3BrN2O2S2/c8-7-10-3(1-14-7)5-9-4(2-13-5)6(11)12/h1-2H,(H,11,12). The Morgan fingerprint density at radius 1 is 1.36 bits per heavy atom. The van der Waals surface area contributed by atoms with Gasteiger partial charge in [-0.25, -0.2) is 14.8 Å². The van der Waals surface area contributed by atoms with Crippen LogP contribution in [0.4, 0.5) is 0 Å². The summed E-state index contributed by atoms with van der Waals surface area (Å²) >= 11 is 5.95. The zero-order valence-electron chi connectivity index (χ0n) is 6.60. The largest absolute Gasteiger partial charge is 0.476 e. The lowest BCUT2D eigenvalue weighted by Crippen LogP contribution is -1.95. The van der Waals surface area contributed by atoms with Crippen molar-refractivity contribution in [3.8, 4) is 10.7 Å². The monoisotopic (exact) mass is 290 g/mol. The molecule has 7 heteroatoms. The highest BCUT2D eigenvalue weighted by Crippen LogP contribution is 2.27. The highest BCUT2D eigenvalue weighted by atomic mass is 79.9. The number of halogens is 1. The molecule has 0 amide bonds. The molecule has 0 aliphatic heterocycles. The summed E-state index contributed by atoms with van der Waals surface area (Å²) in [6.45, 7) is 0. The minimum absolute atomic E-state index is 0.0640. The fourth-order valence-corrected chi connectivity index (χ4v) is 2.66. The molecule has 0 aromatic carbocycles. The molecule has 1 N–H and O–H groups in total. The van der Waals surface area contributed by atoms with E-state index in [0.29, 0.717) is 10.7 Å². The van der Waals surface area contributed by atoms with E-state index in [-0.39, 0.29) is 5.69 Å². The smallest absolute Gasteiger partial charge is 0.355 e. The molecule has 72 valence electrons. The first-order chi connectivity index (χ1) is 6.66. The van der Waals surface area contributed by atoms with Crippen LogP contribution in [0, 0.1) is 0 Å². The first-order valence-electron chi connectivity index (χ1n) is 3.47. The van der Waals surface area contributed by atoms with E-state index in [1.54, 1.807) is 0 Å². The number of aromatic carboxylic acids is 1.